The Morgan fingerprint density at radius 1 is 1.47 bits per heavy atom. The molecule has 0 radical (unpaired) electrons. The summed E-state index contributed by atoms with van der Waals surface area (Å²) in [5.41, 5.74) is 2.04. The van der Waals surface area contributed by atoms with Gasteiger partial charge in [-0.1, -0.05) is 6.07 Å². The molecule has 2 aromatic rings. The molecule has 7 nitrogen and oxygen atoms in total. The third-order valence-electron chi connectivity index (χ3n) is 2.72. The molecule has 0 aliphatic carbocycles. The van der Waals surface area contributed by atoms with E-state index in [-0.39, 0.29) is 5.56 Å². The molecule has 2 heterocycles. The standard InChI is InChI=1S/C10H9N5O2/c16-10(17)6-1-2-7-5-15-9(12-13-14-15)4-11-8(7)3-6/h1-3,11H,4-5H2,(H,16,17). The van der Waals surface area contributed by atoms with E-state index in [1.165, 1.54) is 0 Å². The van der Waals surface area contributed by atoms with Crippen LogP contribution in [0.15, 0.2) is 18.2 Å². The molecular formula is C10H9N5O2. The number of carboxylic acids is 1. The normalized spacial score (nSPS) is 13.2. The van der Waals surface area contributed by atoms with Crippen molar-refractivity contribution in [1.29, 1.82) is 0 Å². The number of carboxylic acid groups (broad SMARTS) is 1. The SMILES string of the molecule is O=C(O)c1ccc2c(c1)NCc1nnnn1C2. The van der Waals surface area contributed by atoms with E-state index in [1.54, 1.807) is 22.9 Å². The summed E-state index contributed by atoms with van der Waals surface area (Å²) in [6.07, 6.45) is 0. The molecule has 1 aliphatic rings. The quantitative estimate of drug-likeness (QED) is 0.735. The number of carbonyl (C=O) groups is 1. The highest BCUT2D eigenvalue weighted by Crippen LogP contribution is 2.22. The Morgan fingerprint density at radius 3 is 3.18 bits per heavy atom. The van der Waals surface area contributed by atoms with Crippen LogP contribution in [0.25, 0.3) is 0 Å². The van der Waals surface area contributed by atoms with Gasteiger partial charge < -0.3 is 10.4 Å². The van der Waals surface area contributed by atoms with E-state index < -0.39 is 5.97 Å². The van der Waals surface area contributed by atoms with Crippen molar-refractivity contribution in [3.8, 4) is 0 Å². The van der Waals surface area contributed by atoms with Gasteiger partial charge in [-0.3, -0.25) is 0 Å². The molecule has 0 atom stereocenters. The average molecular weight is 231 g/mol. The van der Waals surface area contributed by atoms with Crippen LogP contribution in [-0.2, 0) is 13.1 Å². The van der Waals surface area contributed by atoms with Crippen LogP contribution >= 0.6 is 0 Å². The van der Waals surface area contributed by atoms with E-state index in [0.29, 0.717) is 13.1 Å². The molecular weight excluding hydrogens is 222 g/mol. The number of nitrogens with one attached hydrogen (secondary N) is 1. The molecule has 86 valence electrons. The molecule has 0 saturated carbocycles. The lowest BCUT2D eigenvalue weighted by atomic mass is 10.1. The van der Waals surface area contributed by atoms with Crippen LogP contribution in [0.5, 0.6) is 0 Å². The molecule has 0 saturated heterocycles. The average Bonchev–Trinajstić information content (AvgIpc) is 2.68. The van der Waals surface area contributed by atoms with Gasteiger partial charge in [0.15, 0.2) is 5.82 Å². The van der Waals surface area contributed by atoms with Gasteiger partial charge in [0.05, 0.1) is 18.7 Å². The molecule has 17 heavy (non-hydrogen) atoms. The molecule has 3 rings (SSSR count). The fourth-order valence-electron chi connectivity index (χ4n) is 1.82. The lowest BCUT2D eigenvalue weighted by Gasteiger charge is -2.07. The summed E-state index contributed by atoms with van der Waals surface area (Å²) in [7, 11) is 0. The van der Waals surface area contributed by atoms with Crippen molar-refractivity contribution >= 4 is 11.7 Å². The van der Waals surface area contributed by atoms with Crippen molar-refractivity contribution in [2.45, 2.75) is 13.1 Å². The minimum atomic E-state index is -0.934. The van der Waals surface area contributed by atoms with Crippen molar-refractivity contribution in [1.82, 2.24) is 20.2 Å². The summed E-state index contributed by atoms with van der Waals surface area (Å²) in [5.74, 6) is -0.200. The van der Waals surface area contributed by atoms with Crippen molar-refractivity contribution in [3.63, 3.8) is 0 Å². The van der Waals surface area contributed by atoms with E-state index in [2.05, 4.69) is 20.8 Å². The minimum Gasteiger partial charge on any atom is -0.478 e. The molecule has 2 N–H and O–H groups in total. The zero-order chi connectivity index (χ0) is 11.8. The number of rotatable bonds is 1. The number of aromatic nitrogens is 4. The number of fused-ring (bicyclic) bond motifs is 2. The number of anilines is 1. The fourth-order valence-corrected chi connectivity index (χ4v) is 1.82. The van der Waals surface area contributed by atoms with Crippen molar-refractivity contribution in [2.75, 3.05) is 5.32 Å². The Balaban J connectivity index is 2.04. The number of hydrogen-bond acceptors (Lipinski definition) is 5. The molecule has 0 unspecified atom stereocenters. The summed E-state index contributed by atoms with van der Waals surface area (Å²) in [6, 6.07) is 4.98. The summed E-state index contributed by atoms with van der Waals surface area (Å²) in [5, 5.41) is 23.4. The number of hydrogen-bond donors (Lipinski definition) is 2. The maximum Gasteiger partial charge on any atom is 0.335 e. The first-order valence-electron chi connectivity index (χ1n) is 5.09. The summed E-state index contributed by atoms with van der Waals surface area (Å²) >= 11 is 0. The van der Waals surface area contributed by atoms with Crippen molar-refractivity contribution in [2.24, 2.45) is 0 Å². The van der Waals surface area contributed by atoms with Gasteiger partial charge in [0.2, 0.25) is 0 Å². The van der Waals surface area contributed by atoms with Crippen LogP contribution in [0.4, 0.5) is 5.69 Å². The largest absolute Gasteiger partial charge is 0.478 e. The summed E-state index contributed by atoms with van der Waals surface area (Å²) in [4.78, 5) is 10.9. The molecule has 0 amide bonds. The lowest BCUT2D eigenvalue weighted by Crippen LogP contribution is -2.05. The first-order chi connectivity index (χ1) is 8.24. The first kappa shape index (κ1) is 9.76. The van der Waals surface area contributed by atoms with Crippen LogP contribution < -0.4 is 5.32 Å². The van der Waals surface area contributed by atoms with Gasteiger partial charge in [0, 0.05) is 5.69 Å². The molecule has 0 bridgehead atoms. The Kier molecular flexibility index (Phi) is 2.04. The molecule has 0 spiro atoms. The number of nitrogens with zero attached hydrogens (tertiary/aromatic N) is 4. The predicted octanol–water partition coefficient (Wildman–Crippen LogP) is 0.345. The number of aromatic carboxylic acids is 1. The van der Waals surface area contributed by atoms with Crippen molar-refractivity contribution < 1.29 is 9.90 Å². The highest BCUT2D eigenvalue weighted by Gasteiger charge is 2.15. The van der Waals surface area contributed by atoms with E-state index in [9.17, 15) is 4.79 Å². The highest BCUT2D eigenvalue weighted by molar-refractivity contribution is 5.89. The minimum absolute atomic E-state index is 0.266. The van der Waals surface area contributed by atoms with Crippen LogP contribution in [-0.4, -0.2) is 31.3 Å². The zero-order valence-electron chi connectivity index (χ0n) is 8.79. The van der Waals surface area contributed by atoms with Gasteiger partial charge in [-0.2, -0.15) is 0 Å². The summed E-state index contributed by atoms with van der Waals surface area (Å²) < 4.78 is 1.69. The topological polar surface area (TPSA) is 92.9 Å². The Hall–Kier alpha value is -2.44. The van der Waals surface area contributed by atoms with E-state index in [4.69, 9.17) is 5.11 Å². The number of tetrazole rings is 1. The second-order valence-electron chi connectivity index (χ2n) is 3.78. The lowest BCUT2D eigenvalue weighted by molar-refractivity contribution is 0.0697. The monoisotopic (exact) mass is 231 g/mol. The highest BCUT2D eigenvalue weighted by atomic mass is 16.4. The predicted molar refractivity (Wildman–Crippen MR) is 57.6 cm³/mol. The third-order valence-corrected chi connectivity index (χ3v) is 2.72. The maximum absolute atomic E-state index is 10.9. The summed E-state index contributed by atoms with van der Waals surface area (Å²) in [6.45, 7) is 1.04. The molecule has 1 aliphatic heterocycles. The zero-order valence-corrected chi connectivity index (χ0v) is 8.79. The first-order valence-corrected chi connectivity index (χ1v) is 5.09. The van der Waals surface area contributed by atoms with E-state index >= 15 is 0 Å². The second kappa shape index (κ2) is 3.55. The van der Waals surface area contributed by atoms with Gasteiger partial charge >= 0.3 is 5.97 Å². The second-order valence-corrected chi connectivity index (χ2v) is 3.78. The van der Waals surface area contributed by atoms with Crippen LogP contribution in [0.3, 0.4) is 0 Å². The van der Waals surface area contributed by atoms with Gasteiger partial charge in [0.25, 0.3) is 0 Å². The fraction of sp³-hybridized carbons (Fsp3) is 0.200. The van der Waals surface area contributed by atoms with E-state index in [1.807, 2.05) is 0 Å². The molecule has 7 heteroatoms. The Morgan fingerprint density at radius 2 is 2.35 bits per heavy atom. The van der Waals surface area contributed by atoms with Crippen molar-refractivity contribution in [3.05, 3.63) is 35.2 Å². The Bertz CT molecular complexity index is 592. The van der Waals surface area contributed by atoms with Crippen LogP contribution in [0, 0.1) is 0 Å². The van der Waals surface area contributed by atoms with Crippen LogP contribution in [0.2, 0.25) is 0 Å². The molecule has 1 aromatic heterocycles. The van der Waals surface area contributed by atoms with Gasteiger partial charge in [-0.15, -0.1) is 5.10 Å². The van der Waals surface area contributed by atoms with E-state index in [0.717, 1.165) is 17.1 Å². The number of benzene rings is 1. The van der Waals surface area contributed by atoms with Gasteiger partial charge in [0.1, 0.15) is 0 Å². The molecule has 0 fully saturated rings. The van der Waals surface area contributed by atoms with Crippen LogP contribution in [0.1, 0.15) is 21.7 Å². The van der Waals surface area contributed by atoms with Gasteiger partial charge in [-0.05, 0) is 28.1 Å². The smallest absolute Gasteiger partial charge is 0.335 e. The molecule has 1 aromatic carbocycles. The third kappa shape index (κ3) is 1.61. The van der Waals surface area contributed by atoms with Gasteiger partial charge in [-0.25, -0.2) is 9.48 Å². The Labute approximate surface area is 96.1 Å². The maximum atomic E-state index is 10.9.